The van der Waals surface area contributed by atoms with E-state index in [0.717, 1.165) is 39.0 Å². The van der Waals surface area contributed by atoms with E-state index in [4.69, 9.17) is 0 Å². The standard InChI is InChI=1S/C14H18N2O/c17-13-8-14(10-15-13)6-7-16(11-14)9-12-4-2-1-3-5-12/h1-5H,6-11H2,(H,15,17)/t14-/m0/s1. The van der Waals surface area contributed by atoms with E-state index in [-0.39, 0.29) is 11.3 Å². The first-order valence-electron chi connectivity index (χ1n) is 6.29. The Balaban J connectivity index is 1.63. The van der Waals surface area contributed by atoms with Crippen LogP contribution in [0.4, 0.5) is 0 Å². The van der Waals surface area contributed by atoms with Gasteiger partial charge in [-0.15, -0.1) is 0 Å². The van der Waals surface area contributed by atoms with Crippen LogP contribution in [-0.2, 0) is 11.3 Å². The number of carbonyl (C=O) groups is 1. The van der Waals surface area contributed by atoms with Gasteiger partial charge >= 0.3 is 0 Å². The minimum atomic E-state index is 0.228. The molecule has 0 aliphatic carbocycles. The maximum Gasteiger partial charge on any atom is 0.220 e. The van der Waals surface area contributed by atoms with Crippen molar-refractivity contribution in [1.29, 1.82) is 0 Å². The van der Waals surface area contributed by atoms with Gasteiger partial charge in [0.05, 0.1) is 0 Å². The third-order valence-electron chi connectivity index (χ3n) is 3.96. The second-order valence-corrected chi connectivity index (χ2v) is 5.40. The van der Waals surface area contributed by atoms with Crippen LogP contribution >= 0.6 is 0 Å². The van der Waals surface area contributed by atoms with Crippen LogP contribution in [0.2, 0.25) is 0 Å². The van der Waals surface area contributed by atoms with Crippen LogP contribution in [0.1, 0.15) is 18.4 Å². The number of likely N-dealkylation sites (tertiary alicyclic amines) is 1. The summed E-state index contributed by atoms with van der Waals surface area (Å²) in [5.41, 5.74) is 1.59. The summed E-state index contributed by atoms with van der Waals surface area (Å²) in [7, 11) is 0. The van der Waals surface area contributed by atoms with Gasteiger partial charge in [-0.05, 0) is 18.5 Å². The minimum absolute atomic E-state index is 0.228. The Morgan fingerprint density at radius 2 is 2.12 bits per heavy atom. The fourth-order valence-electron chi connectivity index (χ4n) is 3.04. The lowest BCUT2D eigenvalue weighted by molar-refractivity contribution is -0.119. The monoisotopic (exact) mass is 230 g/mol. The maximum absolute atomic E-state index is 11.3. The van der Waals surface area contributed by atoms with Crippen molar-refractivity contribution in [2.75, 3.05) is 19.6 Å². The minimum Gasteiger partial charge on any atom is -0.355 e. The summed E-state index contributed by atoms with van der Waals surface area (Å²) in [5.74, 6) is 0.228. The van der Waals surface area contributed by atoms with Crippen molar-refractivity contribution in [3.63, 3.8) is 0 Å². The van der Waals surface area contributed by atoms with Gasteiger partial charge in [0.1, 0.15) is 0 Å². The van der Waals surface area contributed by atoms with Crippen molar-refractivity contribution in [3.05, 3.63) is 35.9 Å². The van der Waals surface area contributed by atoms with Crippen LogP contribution in [0.3, 0.4) is 0 Å². The Hall–Kier alpha value is -1.35. The molecular weight excluding hydrogens is 212 g/mol. The highest BCUT2D eigenvalue weighted by atomic mass is 16.1. The van der Waals surface area contributed by atoms with Crippen LogP contribution in [0.25, 0.3) is 0 Å². The summed E-state index contributed by atoms with van der Waals surface area (Å²) in [4.78, 5) is 13.8. The molecule has 1 atom stereocenters. The van der Waals surface area contributed by atoms with E-state index in [1.807, 2.05) is 0 Å². The van der Waals surface area contributed by atoms with Crippen LogP contribution in [0.15, 0.2) is 30.3 Å². The van der Waals surface area contributed by atoms with E-state index in [0.29, 0.717) is 0 Å². The predicted molar refractivity (Wildman–Crippen MR) is 66.4 cm³/mol. The normalized spacial score (nSPS) is 28.8. The van der Waals surface area contributed by atoms with Gasteiger partial charge in [0.2, 0.25) is 5.91 Å². The lowest BCUT2D eigenvalue weighted by Crippen LogP contribution is -2.28. The smallest absolute Gasteiger partial charge is 0.220 e. The molecule has 0 aromatic heterocycles. The quantitative estimate of drug-likeness (QED) is 0.833. The molecule has 2 aliphatic rings. The molecule has 1 amide bonds. The van der Waals surface area contributed by atoms with E-state index in [2.05, 4.69) is 40.5 Å². The highest BCUT2D eigenvalue weighted by Crippen LogP contribution is 2.36. The molecule has 1 spiro atoms. The summed E-state index contributed by atoms with van der Waals surface area (Å²) >= 11 is 0. The lowest BCUT2D eigenvalue weighted by atomic mass is 9.86. The Morgan fingerprint density at radius 1 is 1.29 bits per heavy atom. The van der Waals surface area contributed by atoms with Crippen molar-refractivity contribution in [2.45, 2.75) is 19.4 Å². The Morgan fingerprint density at radius 3 is 2.82 bits per heavy atom. The number of benzene rings is 1. The van der Waals surface area contributed by atoms with Gasteiger partial charge < -0.3 is 5.32 Å². The summed E-state index contributed by atoms with van der Waals surface area (Å²) < 4.78 is 0. The first-order chi connectivity index (χ1) is 8.26. The number of carbonyl (C=O) groups excluding carboxylic acids is 1. The molecule has 1 aromatic carbocycles. The zero-order chi connectivity index (χ0) is 11.7. The topological polar surface area (TPSA) is 32.3 Å². The van der Waals surface area contributed by atoms with Gasteiger partial charge in [0, 0.05) is 31.5 Å². The molecule has 0 saturated carbocycles. The van der Waals surface area contributed by atoms with E-state index in [9.17, 15) is 4.79 Å². The third-order valence-corrected chi connectivity index (χ3v) is 3.96. The van der Waals surface area contributed by atoms with Crippen molar-refractivity contribution < 1.29 is 4.79 Å². The third kappa shape index (κ3) is 2.20. The van der Waals surface area contributed by atoms with Crippen LogP contribution in [0, 0.1) is 5.41 Å². The van der Waals surface area contributed by atoms with Crippen molar-refractivity contribution in [2.24, 2.45) is 5.41 Å². The number of nitrogens with one attached hydrogen (secondary N) is 1. The first kappa shape index (κ1) is 10.8. The molecule has 0 radical (unpaired) electrons. The van der Waals surface area contributed by atoms with E-state index < -0.39 is 0 Å². The average Bonchev–Trinajstić information content (AvgIpc) is 2.88. The predicted octanol–water partition coefficient (Wildman–Crippen LogP) is 1.40. The Labute approximate surface area is 102 Å². The molecule has 90 valence electrons. The summed E-state index contributed by atoms with van der Waals surface area (Å²) in [6.45, 7) is 4.05. The number of rotatable bonds is 2. The first-order valence-corrected chi connectivity index (χ1v) is 6.29. The second-order valence-electron chi connectivity index (χ2n) is 5.40. The van der Waals surface area contributed by atoms with E-state index >= 15 is 0 Å². The Bertz CT molecular complexity index is 417. The molecule has 3 heteroatoms. The molecular formula is C14H18N2O. The van der Waals surface area contributed by atoms with Gasteiger partial charge in [-0.1, -0.05) is 30.3 Å². The molecule has 1 aromatic rings. The molecule has 2 heterocycles. The molecule has 2 saturated heterocycles. The number of hydrogen-bond donors (Lipinski definition) is 1. The number of amides is 1. The molecule has 2 fully saturated rings. The maximum atomic E-state index is 11.3. The molecule has 0 bridgehead atoms. The van der Waals surface area contributed by atoms with Crippen LogP contribution in [-0.4, -0.2) is 30.4 Å². The fourth-order valence-corrected chi connectivity index (χ4v) is 3.04. The molecule has 3 rings (SSSR count). The highest BCUT2D eigenvalue weighted by molar-refractivity contribution is 5.79. The van der Waals surface area contributed by atoms with Crippen LogP contribution < -0.4 is 5.32 Å². The summed E-state index contributed by atoms with van der Waals surface area (Å²) in [5, 5.41) is 2.97. The van der Waals surface area contributed by atoms with E-state index in [1.165, 1.54) is 5.56 Å². The van der Waals surface area contributed by atoms with Crippen LogP contribution in [0.5, 0.6) is 0 Å². The molecule has 2 aliphatic heterocycles. The number of hydrogen-bond acceptors (Lipinski definition) is 2. The summed E-state index contributed by atoms with van der Waals surface area (Å²) in [6.07, 6.45) is 1.87. The summed E-state index contributed by atoms with van der Waals surface area (Å²) in [6, 6.07) is 10.6. The van der Waals surface area contributed by atoms with Crippen molar-refractivity contribution in [3.8, 4) is 0 Å². The zero-order valence-electron chi connectivity index (χ0n) is 9.98. The van der Waals surface area contributed by atoms with Gasteiger partial charge in [-0.25, -0.2) is 0 Å². The lowest BCUT2D eigenvalue weighted by Gasteiger charge is -2.21. The molecule has 3 nitrogen and oxygen atoms in total. The van der Waals surface area contributed by atoms with Gasteiger partial charge in [0.25, 0.3) is 0 Å². The van der Waals surface area contributed by atoms with Gasteiger partial charge in [-0.2, -0.15) is 0 Å². The highest BCUT2D eigenvalue weighted by Gasteiger charge is 2.43. The average molecular weight is 230 g/mol. The zero-order valence-corrected chi connectivity index (χ0v) is 9.98. The van der Waals surface area contributed by atoms with E-state index in [1.54, 1.807) is 0 Å². The fraction of sp³-hybridized carbons (Fsp3) is 0.500. The molecule has 0 unspecified atom stereocenters. The van der Waals surface area contributed by atoms with Crippen molar-refractivity contribution >= 4 is 5.91 Å². The SMILES string of the molecule is O=C1C[C@@]2(CCN(Cc3ccccc3)C2)CN1. The number of nitrogens with zero attached hydrogens (tertiary/aromatic N) is 1. The molecule has 1 N–H and O–H groups in total. The molecule has 17 heavy (non-hydrogen) atoms. The van der Waals surface area contributed by atoms with Crippen molar-refractivity contribution in [1.82, 2.24) is 10.2 Å². The Kier molecular flexibility index (Phi) is 2.63. The largest absolute Gasteiger partial charge is 0.355 e. The second kappa shape index (κ2) is 4.15. The van der Waals surface area contributed by atoms with Gasteiger partial charge in [0.15, 0.2) is 0 Å². The van der Waals surface area contributed by atoms with Gasteiger partial charge in [-0.3, -0.25) is 9.69 Å².